The average molecular weight is 348 g/mol. The maximum absolute atomic E-state index is 11.5. The molecule has 0 atom stereocenters. The summed E-state index contributed by atoms with van der Waals surface area (Å²) in [6.45, 7) is 6.44. The molecular formula is C16H20N4O3S. The van der Waals surface area contributed by atoms with Crippen LogP contribution in [0.2, 0.25) is 0 Å². The van der Waals surface area contributed by atoms with Gasteiger partial charge in [-0.25, -0.2) is 4.79 Å². The fourth-order valence-corrected chi connectivity index (χ4v) is 2.41. The minimum absolute atomic E-state index is 0.0119. The molecule has 0 fully saturated rings. The third kappa shape index (κ3) is 4.82. The quantitative estimate of drug-likeness (QED) is 0.824. The monoisotopic (exact) mass is 348 g/mol. The second-order valence-electron chi connectivity index (χ2n) is 6.12. The fourth-order valence-electron chi connectivity index (χ4n) is 1.85. The molecule has 2 N–H and O–H groups in total. The van der Waals surface area contributed by atoms with E-state index in [0.29, 0.717) is 5.89 Å². The SMILES string of the molecule is CNC(=O)NC(=O)CSc1nnc(-c2ccc(C(C)(C)C)cc2)o1. The number of benzene rings is 1. The van der Waals surface area contributed by atoms with Crippen molar-refractivity contribution >= 4 is 23.7 Å². The molecule has 3 amide bonds. The third-order valence-corrected chi connectivity index (χ3v) is 4.03. The van der Waals surface area contributed by atoms with Crippen molar-refractivity contribution in [1.82, 2.24) is 20.8 Å². The van der Waals surface area contributed by atoms with Gasteiger partial charge in [0.2, 0.25) is 11.8 Å². The number of thioether (sulfide) groups is 1. The minimum atomic E-state index is -0.550. The molecule has 2 aromatic rings. The number of imide groups is 1. The number of urea groups is 1. The fraction of sp³-hybridized carbons (Fsp3) is 0.375. The van der Waals surface area contributed by atoms with Gasteiger partial charge in [-0.15, -0.1) is 10.2 Å². The maximum atomic E-state index is 11.5. The van der Waals surface area contributed by atoms with Gasteiger partial charge in [-0.1, -0.05) is 44.7 Å². The van der Waals surface area contributed by atoms with Crippen molar-refractivity contribution < 1.29 is 14.0 Å². The van der Waals surface area contributed by atoms with Crippen molar-refractivity contribution in [2.75, 3.05) is 12.8 Å². The summed E-state index contributed by atoms with van der Waals surface area (Å²) >= 11 is 1.07. The lowest BCUT2D eigenvalue weighted by Gasteiger charge is -2.18. The number of hydrogen-bond acceptors (Lipinski definition) is 6. The average Bonchev–Trinajstić information content (AvgIpc) is 3.01. The summed E-state index contributed by atoms with van der Waals surface area (Å²) in [5.41, 5.74) is 2.11. The lowest BCUT2D eigenvalue weighted by Crippen LogP contribution is -2.38. The van der Waals surface area contributed by atoms with Crippen LogP contribution in [0.5, 0.6) is 0 Å². The molecule has 0 aliphatic carbocycles. The smallest absolute Gasteiger partial charge is 0.321 e. The van der Waals surface area contributed by atoms with E-state index < -0.39 is 11.9 Å². The first-order valence-electron chi connectivity index (χ1n) is 7.38. The summed E-state index contributed by atoms with van der Waals surface area (Å²) < 4.78 is 5.54. The van der Waals surface area contributed by atoms with Crippen LogP contribution in [0.25, 0.3) is 11.5 Å². The van der Waals surface area contributed by atoms with Crippen LogP contribution in [-0.2, 0) is 10.2 Å². The van der Waals surface area contributed by atoms with Crippen LogP contribution >= 0.6 is 11.8 Å². The molecule has 1 aromatic heterocycles. The molecule has 0 saturated carbocycles. The van der Waals surface area contributed by atoms with Gasteiger partial charge in [-0.05, 0) is 23.1 Å². The standard InChI is InChI=1S/C16H20N4O3S/c1-16(2,3)11-7-5-10(6-8-11)13-19-20-15(23-13)24-9-12(21)18-14(22)17-4/h5-8H,9H2,1-4H3,(H2,17,18,21,22). The van der Waals surface area contributed by atoms with Gasteiger partial charge in [-0.3, -0.25) is 10.1 Å². The van der Waals surface area contributed by atoms with Crippen LogP contribution in [0.15, 0.2) is 33.9 Å². The van der Waals surface area contributed by atoms with Crippen molar-refractivity contribution in [2.45, 2.75) is 31.4 Å². The Balaban J connectivity index is 1.98. The molecule has 1 aromatic carbocycles. The van der Waals surface area contributed by atoms with Crippen LogP contribution in [0.4, 0.5) is 4.79 Å². The lowest BCUT2D eigenvalue weighted by atomic mass is 9.87. The summed E-state index contributed by atoms with van der Waals surface area (Å²) in [5.74, 6) is -0.0313. The van der Waals surface area contributed by atoms with Gasteiger partial charge in [-0.2, -0.15) is 0 Å². The van der Waals surface area contributed by atoms with Gasteiger partial charge >= 0.3 is 6.03 Å². The van der Waals surface area contributed by atoms with Gasteiger partial charge in [0.1, 0.15) is 0 Å². The summed E-state index contributed by atoms with van der Waals surface area (Å²) in [6.07, 6.45) is 0. The first-order valence-corrected chi connectivity index (χ1v) is 8.37. The summed E-state index contributed by atoms with van der Waals surface area (Å²) in [6, 6.07) is 7.37. The van der Waals surface area contributed by atoms with E-state index in [-0.39, 0.29) is 16.4 Å². The van der Waals surface area contributed by atoms with Crippen LogP contribution < -0.4 is 10.6 Å². The van der Waals surface area contributed by atoms with Gasteiger partial charge in [0.05, 0.1) is 5.75 Å². The zero-order chi connectivity index (χ0) is 17.7. The van der Waals surface area contributed by atoms with E-state index in [4.69, 9.17) is 4.42 Å². The number of amides is 3. The van der Waals surface area contributed by atoms with Gasteiger partial charge in [0, 0.05) is 12.6 Å². The Morgan fingerprint density at radius 3 is 2.42 bits per heavy atom. The Bertz CT molecular complexity index is 720. The molecule has 0 bridgehead atoms. The second kappa shape index (κ2) is 7.48. The maximum Gasteiger partial charge on any atom is 0.321 e. The summed E-state index contributed by atoms with van der Waals surface area (Å²) in [7, 11) is 1.44. The Hall–Kier alpha value is -2.35. The first-order chi connectivity index (χ1) is 11.3. The largest absolute Gasteiger partial charge is 0.411 e. The summed E-state index contributed by atoms with van der Waals surface area (Å²) in [5, 5.41) is 12.6. The van der Waals surface area contributed by atoms with E-state index >= 15 is 0 Å². The number of nitrogens with zero attached hydrogens (tertiary/aromatic N) is 2. The first kappa shape index (κ1) is 18.0. The minimum Gasteiger partial charge on any atom is -0.411 e. The summed E-state index contributed by atoms with van der Waals surface area (Å²) in [4.78, 5) is 22.5. The highest BCUT2D eigenvalue weighted by Gasteiger charge is 2.15. The van der Waals surface area contributed by atoms with Crippen molar-refractivity contribution in [1.29, 1.82) is 0 Å². The molecule has 0 radical (unpaired) electrons. The van der Waals surface area contributed by atoms with Crippen molar-refractivity contribution in [3.05, 3.63) is 29.8 Å². The second-order valence-corrected chi connectivity index (χ2v) is 7.04. The number of nitrogens with one attached hydrogen (secondary N) is 2. The topological polar surface area (TPSA) is 97.1 Å². The Morgan fingerprint density at radius 2 is 1.83 bits per heavy atom. The van der Waals surface area contributed by atoms with Crippen molar-refractivity contribution in [2.24, 2.45) is 0 Å². The molecule has 0 saturated heterocycles. The predicted octanol–water partition coefficient (Wildman–Crippen LogP) is 2.58. The number of rotatable bonds is 4. The zero-order valence-electron chi connectivity index (χ0n) is 14.0. The number of hydrogen-bond donors (Lipinski definition) is 2. The van der Waals surface area contributed by atoms with E-state index in [0.717, 1.165) is 17.3 Å². The van der Waals surface area contributed by atoms with Gasteiger partial charge in [0.25, 0.3) is 5.22 Å². The van der Waals surface area contributed by atoms with Crippen molar-refractivity contribution in [3.8, 4) is 11.5 Å². The molecule has 128 valence electrons. The third-order valence-electron chi connectivity index (χ3n) is 3.21. The van der Waals surface area contributed by atoms with Crippen molar-refractivity contribution in [3.63, 3.8) is 0 Å². The predicted molar refractivity (Wildman–Crippen MR) is 91.8 cm³/mol. The molecular weight excluding hydrogens is 328 g/mol. The molecule has 7 nitrogen and oxygen atoms in total. The van der Waals surface area contributed by atoms with Gasteiger partial charge < -0.3 is 9.73 Å². The van der Waals surface area contributed by atoms with Crippen LogP contribution in [-0.4, -0.2) is 34.9 Å². The van der Waals surface area contributed by atoms with E-state index in [1.807, 2.05) is 24.3 Å². The molecule has 0 aliphatic heterocycles. The molecule has 8 heteroatoms. The highest BCUT2D eigenvalue weighted by Crippen LogP contribution is 2.27. The molecule has 24 heavy (non-hydrogen) atoms. The number of carbonyl (C=O) groups is 2. The van der Waals surface area contributed by atoms with Gasteiger partial charge in [0.15, 0.2) is 0 Å². The Labute approximate surface area is 144 Å². The van der Waals surface area contributed by atoms with Crippen LogP contribution in [0.1, 0.15) is 26.3 Å². The van der Waals surface area contributed by atoms with Crippen LogP contribution in [0, 0.1) is 0 Å². The number of aromatic nitrogens is 2. The molecule has 1 heterocycles. The zero-order valence-corrected chi connectivity index (χ0v) is 14.9. The molecule has 0 unspecified atom stereocenters. The van der Waals surface area contributed by atoms with E-state index in [1.165, 1.54) is 12.6 Å². The van der Waals surface area contributed by atoms with Crippen LogP contribution in [0.3, 0.4) is 0 Å². The Morgan fingerprint density at radius 1 is 1.17 bits per heavy atom. The Kier molecular flexibility index (Phi) is 5.61. The number of carbonyl (C=O) groups excluding carboxylic acids is 2. The highest BCUT2D eigenvalue weighted by atomic mass is 32.2. The van der Waals surface area contributed by atoms with E-state index in [2.05, 4.69) is 41.6 Å². The molecule has 2 rings (SSSR count). The van der Waals surface area contributed by atoms with E-state index in [9.17, 15) is 9.59 Å². The molecule has 0 aliphatic rings. The van der Waals surface area contributed by atoms with E-state index in [1.54, 1.807) is 0 Å². The molecule has 0 spiro atoms. The highest BCUT2D eigenvalue weighted by molar-refractivity contribution is 7.99. The normalized spacial score (nSPS) is 11.2. The lowest BCUT2D eigenvalue weighted by molar-refractivity contribution is -0.117.